The number of hydrogen-bond acceptors (Lipinski definition) is 5. The number of aromatic nitrogens is 2. The Morgan fingerprint density at radius 2 is 1.81 bits per heavy atom. The van der Waals surface area contributed by atoms with Crippen LogP contribution in [-0.2, 0) is 27.6 Å². The molecular formula is C36H49N3O3S. The summed E-state index contributed by atoms with van der Waals surface area (Å²) in [6.45, 7) is 12.9. The molecule has 232 valence electrons. The van der Waals surface area contributed by atoms with E-state index in [1.807, 2.05) is 25.3 Å². The molecule has 2 saturated heterocycles. The van der Waals surface area contributed by atoms with Crippen molar-refractivity contribution in [1.29, 1.82) is 0 Å². The zero-order valence-corrected chi connectivity index (χ0v) is 27.4. The van der Waals surface area contributed by atoms with E-state index >= 15 is 0 Å². The number of benzene rings is 1. The van der Waals surface area contributed by atoms with Gasteiger partial charge in [0, 0.05) is 18.2 Å². The summed E-state index contributed by atoms with van der Waals surface area (Å²) in [5.41, 5.74) is 6.72. The fraction of sp³-hybridized carbons (Fsp3) is 0.694. The Bertz CT molecular complexity index is 1580. The first-order chi connectivity index (χ1) is 20.5. The summed E-state index contributed by atoms with van der Waals surface area (Å²) in [5, 5.41) is 8.55. The van der Waals surface area contributed by atoms with Crippen LogP contribution in [0.4, 0.5) is 0 Å². The average molecular weight is 604 g/mol. The Balaban J connectivity index is 1.07. The Labute approximate surface area is 258 Å². The quantitative estimate of drug-likeness (QED) is 0.399. The monoisotopic (exact) mass is 603 g/mol. The van der Waals surface area contributed by atoms with E-state index in [4.69, 9.17) is 9.84 Å². The van der Waals surface area contributed by atoms with Crippen LogP contribution in [0, 0.1) is 47.8 Å². The molecule has 0 radical (unpaired) electrons. The van der Waals surface area contributed by atoms with Crippen LogP contribution in [0.3, 0.4) is 0 Å². The summed E-state index contributed by atoms with van der Waals surface area (Å²) in [5.74, 6) is 3.81. The topological polar surface area (TPSA) is 73.2 Å². The molecule has 8 rings (SSSR count). The Hall–Kier alpha value is -1.96. The first-order valence-electron chi connectivity index (χ1n) is 17.0. The zero-order valence-electron chi connectivity index (χ0n) is 26.6. The van der Waals surface area contributed by atoms with Gasteiger partial charge in [0.2, 0.25) is 0 Å². The predicted octanol–water partition coefficient (Wildman–Crippen LogP) is 6.47. The number of fused-ring (bicyclic) bond motifs is 7. The number of ether oxygens (including phenoxy) is 1. The highest BCUT2D eigenvalue weighted by Crippen LogP contribution is 2.64. The highest BCUT2D eigenvalue weighted by molar-refractivity contribution is 7.89. The van der Waals surface area contributed by atoms with Crippen molar-refractivity contribution in [3.05, 3.63) is 58.4 Å². The molecule has 4 aliphatic carbocycles. The predicted molar refractivity (Wildman–Crippen MR) is 168 cm³/mol. The van der Waals surface area contributed by atoms with Crippen molar-refractivity contribution in [2.24, 2.45) is 40.9 Å². The average Bonchev–Trinajstić information content (AvgIpc) is 3.62. The number of hydrogen-bond donors (Lipinski definition) is 1. The standard InChI is InChI=1S/C36H49N3O3S/c1-21-6-9-27(10-7-21)43(40,41)39-20-25-19-35(5)26(16-32(25)38-39)8-11-29-28-12-14-36(18-23(3)30(28)17-31(29)35)24(4)33-34(42-36)22(2)13-15-37-33/h6-7,9-10,20,22,24,26,28-29,31,33-34,37H,8,11-19H2,1-5H3/t22-,24-,26-,28+,29+,31+,33+,34-,35+,36+/m1/s1. The van der Waals surface area contributed by atoms with Crippen molar-refractivity contribution in [3.8, 4) is 0 Å². The summed E-state index contributed by atoms with van der Waals surface area (Å²) in [6.07, 6.45) is 12.5. The normalized spacial score (nSPS) is 42.2. The van der Waals surface area contributed by atoms with Crippen molar-refractivity contribution >= 4 is 10.0 Å². The Morgan fingerprint density at radius 1 is 1.02 bits per heavy atom. The number of nitrogens with one attached hydrogen (secondary N) is 1. The maximum Gasteiger partial charge on any atom is 0.282 e. The van der Waals surface area contributed by atoms with Crippen LogP contribution in [0.15, 0.2) is 46.5 Å². The maximum atomic E-state index is 13.5. The molecule has 2 saturated carbocycles. The molecule has 1 aromatic heterocycles. The molecule has 7 heteroatoms. The SMILES string of the molecule is CC1=C2C[C@H]3[C@@H](CC[C@@H]4Cc5nn(S(=O)(=O)c6ccc(C)cc6)cc5C[C@@]43C)[C@@H]2CC[C@@]2(C1)O[C@H]1[C@@H](NCC[C@H]1C)[C@H]2C. The third-order valence-corrected chi connectivity index (χ3v) is 15.2. The van der Waals surface area contributed by atoms with Gasteiger partial charge >= 0.3 is 0 Å². The molecule has 0 amide bonds. The molecule has 6 nitrogen and oxygen atoms in total. The van der Waals surface area contributed by atoms with E-state index in [1.54, 1.807) is 23.3 Å². The van der Waals surface area contributed by atoms with E-state index in [2.05, 4.69) is 33.0 Å². The van der Waals surface area contributed by atoms with Crippen molar-refractivity contribution < 1.29 is 13.2 Å². The number of allylic oxidation sites excluding steroid dienone is 1. The van der Waals surface area contributed by atoms with Crippen LogP contribution in [0.5, 0.6) is 0 Å². The van der Waals surface area contributed by atoms with Crippen LogP contribution in [0.1, 0.15) is 89.5 Å². The van der Waals surface area contributed by atoms with Gasteiger partial charge in [0.25, 0.3) is 10.0 Å². The van der Waals surface area contributed by atoms with E-state index < -0.39 is 10.0 Å². The Morgan fingerprint density at radius 3 is 2.58 bits per heavy atom. The van der Waals surface area contributed by atoms with Crippen molar-refractivity contribution in [3.63, 3.8) is 0 Å². The van der Waals surface area contributed by atoms with Crippen LogP contribution in [0.2, 0.25) is 0 Å². The number of piperidine rings is 1. The lowest BCUT2D eigenvalue weighted by molar-refractivity contribution is -0.0843. The molecular weight excluding hydrogens is 554 g/mol. The molecule has 1 spiro atoms. The van der Waals surface area contributed by atoms with Gasteiger partial charge in [-0.05, 0) is 131 Å². The molecule has 2 aromatic rings. The summed E-state index contributed by atoms with van der Waals surface area (Å²) in [6, 6.07) is 7.60. The van der Waals surface area contributed by atoms with E-state index in [1.165, 1.54) is 42.6 Å². The molecule has 1 aromatic carbocycles. The number of aryl methyl sites for hydroxylation is 1. The second kappa shape index (κ2) is 9.77. The Kier molecular flexibility index (Phi) is 6.48. The lowest BCUT2D eigenvalue weighted by atomic mass is 9.52. The van der Waals surface area contributed by atoms with Gasteiger partial charge in [-0.1, -0.05) is 49.6 Å². The molecule has 6 aliphatic rings. The minimum absolute atomic E-state index is 0.0176. The smallest absolute Gasteiger partial charge is 0.282 e. The fourth-order valence-electron chi connectivity index (χ4n) is 11.1. The minimum Gasteiger partial charge on any atom is -0.369 e. The molecule has 43 heavy (non-hydrogen) atoms. The van der Waals surface area contributed by atoms with Crippen molar-refractivity contribution in [1.82, 2.24) is 14.5 Å². The molecule has 1 N–H and O–H groups in total. The fourth-order valence-corrected chi connectivity index (χ4v) is 12.2. The van der Waals surface area contributed by atoms with Crippen LogP contribution in [-0.4, -0.2) is 41.9 Å². The third kappa shape index (κ3) is 4.16. The molecule has 3 heterocycles. The maximum absolute atomic E-state index is 13.5. The van der Waals surface area contributed by atoms with Gasteiger partial charge in [-0.2, -0.15) is 17.6 Å². The summed E-state index contributed by atoms with van der Waals surface area (Å²) >= 11 is 0. The van der Waals surface area contributed by atoms with Crippen LogP contribution >= 0.6 is 0 Å². The second-order valence-corrected chi connectivity index (χ2v) is 17.5. The summed E-state index contributed by atoms with van der Waals surface area (Å²) < 4.78 is 35.4. The third-order valence-electron chi connectivity index (χ3n) is 13.6. The molecule has 0 bridgehead atoms. The van der Waals surface area contributed by atoms with Gasteiger partial charge in [0.1, 0.15) is 0 Å². The van der Waals surface area contributed by atoms with Crippen molar-refractivity contribution in [2.75, 3.05) is 6.54 Å². The van der Waals surface area contributed by atoms with E-state index in [0.29, 0.717) is 46.6 Å². The van der Waals surface area contributed by atoms with Crippen LogP contribution in [0.25, 0.3) is 0 Å². The lowest BCUT2D eigenvalue weighted by Crippen LogP contribution is -2.49. The minimum atomic E-state index is -3.69. The van der Waals surface area contributed by atoms with E-state index in [9.17, 15) is 8.42 Å². The lowest BCUT2D eigenvalue weighted by Gasteiger charge is -2.52. The zero-order chi connectivity index (χ0) is 29.9. The highest BCUT2D eigenvalue weighted by atomic mass is 32.2. The van der Waals surface area contributed by atoms with Gasteiger partial charge in [-0.3, -0.25) is 0 Å². The van der Waals surface area contributed by atoms with Gasteiger partial charge in [-0.15, -0.1) is 0 Å². The number of rotatable bonds is 2. The van der Waals surface area contributed by atoms with Crippen molar-refractivity contribution in [2.45, 2.75) is 115 Å². The van der Waals surface area contributed by atoms with E-state index in [0.717, 1.165) is 48.5 Å². The van der Waals surface area contributed by atoms with Gasteiger partial charge in [-0.25, -0.2) is 0 Å². The second-order valence-electron chi connectivity index (χ2n) is 15.7. The molecule has 4 fully saturated rings. The van der Waals surface area contributed by atoms with Crippen LogP contribution < -0.4 is 5.32 Å². The molecule has 2 aliphatic heterocycles. The van der Waals surface area contributed by atoms with E-state index in [-0.39, 0.29) is 11.0 Å². The van der Waals surface area contributed by atoms with Gasteiger partial charge in [0.05, 0.1) is 22.3 Å². The highest BCUT2D eigenvalue weighted by Gasteiger charge is 2.60. The number of nitrogens with zero attached hydrogens (tertiary/aromatic N) is 2. The van der Waals surface area contributed by atoms with Gasteiger partial charge in [0.15, 0.2) is 0 Å². The molecule has 10 atom stereocenters. The first-order valence-corrected chi connectivity index (χ1v) is 18.4. The first kappa shape index (κ1) is 28.5. The summed E-state index contributed by atoms with van der Waals surface area (Å²) in [4.78, 5) is 0.308. The van der Waals surface area contributed by atoms with Gasteiger partial charge < -0.3 is 10.1 Å². The largest absolute Gasteiger partial charge is 0.369 e. The molecule has 0 unspecified atom stereocenters. The summed E-state index contributed by atoms with van der Waals surface area (Å²) in [7, 11) is -3.69.